The molecule has 10 heteroatoms. The average molecular weight is 382 g/mol. The van der Waals surface area contributed by atoms with Crippen LogP contribution in [-0.2, 0) is 14.8 Å². The molecule has 1 aromatic heterocycles. The van der Waals surface area contributed by atoms with E-state index in [1.54, 1.807) is 11.1 Å². The Bertz CT molecular complexity index is 742. The van der Waals surface area contributed by atoms with Crippen LogP contribution in [0.4, 0.5) is 11.8 Å². The van der Waals surface area contributed by atoms with Crippen LogP contribution < -0.4 is 9.80 Å². The fourth-order valence-electron chi connectivity index (χ4n) is 3.18. The van der Waals surface area contributed by atoms with Gasteiger partial charge in [-0.15, -0.1) is 0 Å². The van der Waals surface area contributed by atoms with Crippen LogP contribution in [0.5, 0.6) is 0 Å². The molecule has 0 aliphatic carbocycles. The third-order valence-electron chi connectivity index (χ3n) is 4.90. The van der Waals surface area contributed by atoms with E-state index in [0.717, 1.165) is 35.4 Å². The Labute approximate surface area is 154 Å². The molecule has 26 heavy (non-hydrogen) atoms. The maximum atomic E-state index is 12.3. The normalized spacial score (nSPS) is 18.7. The highest BCUT2D eigenvalue weighted by molar-refractivity contribution is 7.88. The van der Waals surface area contributed by atoms with Crippen molar-refractivity contribution in [2.24, 2.45) is 0 Å². The van der Waals surface area contributed by atoms with Crippen molar-refractivity contribution < 1.29 is 13.2 Å². The zero-order valence-corrected chi connectivity index (χ0v) is 16.2. The van der Waals surface area contributed by atoms with Gasteiger partial charge in [0.05, 0.1) is 12.8 Å². The number of sulfonamides is 1. The van der Waals surface area contributed by atoms with Crippen molar-refractivity contribution >= 4 is 27.7 Å². The smallest absolute Gasteiger partial charge is 0.238 e. The van der Waals surface area contributed by atoms with Crippen molar-refractivity contribution in [3.05, 3.63) is 12.3 Å². The molecule has 0 unspecified atom stereocenters. The standard InChI is InChI=1S/C16H26N6O3S/c1-19(26(2,24)25)13-15(23)21-11-9-20(10-12-21)14-5-6-17-16(18-14)22-7-3-4-8-22/h5-6H,3-4,7-13H2,1-2H3. The Morgan fingerprint density at radius 1 is 1.12 bits per heavy atom. The minimum absolute atomic E-state index is 0.120. The number of hydrogen-bond donors (Lipinski definition) is 0. The maximum absolute atomic E-state index is 12.3. The molecule has 1 amide bonds. The largest absolute Gasteiger partial charge is 0.353 e. The number of nitrogens with zero attached hydrogens (tertiary/aromatic N) is 6. The molecular weight excluding hydrogens is 356 g/mol. The first-order valence-electron chi connectivity index (χ1n) is 8.86. The summed E-state index contributed by atoms with van der Waals surface area (Å²) in [5.41, 5.74) is 0. The summed E-state index contributed by atoms with van der Waals surface area (Å²) in [4.78, 5) is 27.4. The lowest BCUT2D eigenvalue weighted by atomic mass is 10.3. The van der Waals surface area contributed by atoms with Gasteiger partial charge in [0.25, 0.3) is 0 Å². The van der Waals surface area contributed by atoms with Crippen molar-refractivity contribution in [1.29, 1.82) is 0 Å². The molecule has 1 aromatic rings. The molecule has 0 saturated carbocycles. The van der Waals surface area contributed by atoms with E-state index in [9.17, 15) is 13.2 Å². The van der Waals surface area contributed by atoms with Gasteiger partial charge < -0.3 is 14.7 Å². The molecule has 3 rings (SSSR count). The lowest BCUT2D eigenvalue weighted by molar-refractivity contribution is -0.131. The minimum Gasteiger partial charge on any atom is -0.353 e. The van der Waals surface area contributed by atoms with Crippen LogP contribution in [0.2, 0.25) is 0 Å². The quantitative estimate of drug-likeness (QED) is 0.685. The van der Waals surface area contributed by atoms with E-state index in [-0.39, 0.29) is 12.5 Å². The van der Waals surface area contributed by atoms with Gasteiger partial charge in [-0.3, -0.25) is 4.79 Å². The summed E-state index contributed by atoms with van der Waals surface area (Å²) < 4.78 is 24.0. The van der Waals surface area contributed by atoms with E-state index in [4.69, 9.17) is 0 Å². The number of anilines is 2. The summed E-state index contributed by atoms with van der Waals surface area (Å²) in [6.07, 6.45) is 5.24. The molecule has 0 radical (unpaired) electrons. The fraction of sp³-hybridized carbons (Fsp3) is 0.688. The van der Waals surface area contributed by atoms with Gasteiger partial charge in [0, 0.05) is 52.5 Å². The predicted octanol–water partition coefficient (Wildman–Crippen LogP) is -0.383. The molecule has 0 bridgehead atoms. The SMILES string of the molecule is CN(CC(=O)N1CCN(c2ccnc(N3CCCC3)n2)CC1)S(C)(=O)=O. The first kappa shape index (κ1) is 18.8. The highest BCUT2D eigenvalue weighted by atomic mass is 32.2. The Kier molecular flexibility index (Phi) is 5.61. The van der Waals surface area contributed by atoms with E-state index >= 15 is 0 Å². The average Bonchev–Trinajstić information content (AvgIpc) is 3.16. The van der Waals surface area contributed by atoms with Crippen LogP contribution in [0.15, 0.2) is 12.3 Å². The second-order valence-electron chi connectivity index (χ2n) is 6.80. The van der Waals surface area contributed by atoms with Gasteiger partial charge in [-0.2, -0.15) is 9.29 Å². The number of amides is 1. The number of hydrogen-bond acceptors (Lipinski definition) is 7. The van der Waals surface area contributed by atoms with Gasteiger partial charge >= 0.3 is 0 Å². The number of aromatic nitrogens is 2. The molecular formula is C16H26N6O3S. The summed E-state index contributed by atoms with van der Waals surface area (Å²) in [5, 5.41) is 0. The number of likely N-dealkylation sites (N-methyl/N-ethyl adjacent to an activating group) is 1. The van der Waals surface area contributed by atoms with Crippen LogP contribution in [0.3, 0.4) is 0 Å². The van der Waals surface area contributed by atoms with Crippen LogP contribution in [-0.4, -0.2) is 92.6 Å². The molecule has 0 spiro atoms. The van der Waals surface area contributed by atoms with Gasteiger partial charge in [-0.1, -0.05) is 0 Å². The van der Waals surface area contributed by atoms with Crippen LogP contribution in [0.25, 0.3) is 0 Å². The second-order valence-corrected chi connectivity index (χ2v) is 8.89. The van der Waals surface area contributed by atoms with E-state index in [1.807, 2.05) is 6.07 Å². The molecule has 144 valence electrons. The first-order chi connectivity index (χ1) is 12.3. The van der Waals surface area contributed by atoms with Gasteiger partial charge in [0.1, 0.15) is 5.82 Å². The second kappa shape index (κ2) is 7.75. The van der Waals surface area contributed by atoms with Crippen molar-refractivity contribution in [2.45, 2.75) is 12.8 Å². The third kappa shape index (κ3) is 4.42. The predicted molar refractivity (Wildman–Crippen MR) is 99.7 cm³/mol. The molecule has 0 N–H and O–H groups in total. The first-order valence-corrected chi connectivity index (χ1v) is 10.7. The fourth-order valence-corrected chi connectivity index (χ4v) is 3.52. The molecule has 2 saturated heterocycles. The Morgan fingerprint density at radius 2 is 1.77 bits per heavy atom. The van der Waals surface area contributed by atoms with Crippen molar-refractivity contribution in [3.8, 4) is 0 Å². The van der Waals surface area contributed by atoms with Gasteiger partial charge in [0.15, 0.2) is 0 Å². The highest BCUT2D eigenvalue weighted by Gasteiger charge is 2.25. The third-order valence-corrected chi connectivity index (χ3v) is 6.16. The highest BCUT2D eigenvalue weighted by Crippen LogP contribution is 2.20. The number of carbonyl (C=O) groups excluding carboxylic acids is 1. The zero-order valence-electron chi connectivity index (χ0n) is 15.3. The molecule has 2 aliphatic rings. The van der Waals surface area contributed by atoms with E-state index in [1.165, 1.54) is 19.9 Å². The lowest BCUT2D eigenvalue weighted by Crippen LogP contribution is -2.51. The molecule has 2 fully saturated rings. The molecule has 9 nitrogen and oxygen atoms in total. The summed E-state index contributed by atoms with van der Waals surface area (Å²) in [6.45, 7) is 4.33. The van der Waals surface area contributed by atoms with E-state index in [0.29, 0.717) is 26.2 Å². The number of rotatable bonds is 5. The molecule has 0 aromatic carbocycles. The van der Waals surface area contributed by atoms with Gasteiger partial charge in [-0.05, 0) is 18.9 Å². The number of carbonyl (C=O) groups is 1. The Balaban J connectivity index is 1.57. The van der Waals surface area contributed by atoms with Crippen LogP contribution in [0, 0.1) is 0 Å². The Hall–Kier alpha value is -1.94. The lowest BCUT2D eigenvalue weighted by Gasteiger charge is -2.36. The van der Waals surface area contributed by atoms with Crippen molar-refractivity contribution in [3.63, 3.8) is 0 Å². The summed E-state index contributed by atoms with van der Waals surface area (Å²) in [6, 6.07) is 1.90. The summed E-state index contributed by atoms with van der Waals surface area (Å²) >= 11 is 0. The molecule has 0 atom stereocenters. The van der Waals surface area contributed by atoms with E-state index in [2.05, 4.69) is 19.8 Å². The van der Waals surface area contributed by atoms with Crippen molar-refractivity contribution in [1.82, 2.24) is 19.2 Å². The topological polar surface area (TPSA) is 90.0 Å². The maximum Gasteiger partial charge on any atom is 0.238 e. The van der Waals surface area contributed by atoms with Crippen LogP contribution in [0.1, 0.15) is 12.8 Å². The summed E-state index contributed by atoms with van der Waals surface area (Å²) in [7, 11) is -1.93. The molecule has 3 heterocycles. The minimum atomic E-state index is -3.35. The van der Waals surface area contributed by atoms with Crippen LogP contribution >= 0.6 is 0 Å². The van der Waals surface area contributed by atoms with Gasteiger partial charge in [0.2, 0.25) is 21.9 Å². The van der Waals surface area contributed by atoms with E-state index < -0.39 is 10.0 Å². The molecule has 2 aliphatic heterocycles. The Morgan fingerprint density at radius 3 is 2.38 bits per heavy atom. The summed E-state index contributed by atoms with van der Waals surface area (Å²) in [5.74, 6) is 1.48. The van der Waals surface area contributed by atoms with Gasteiger partial charge in [-0.25, -0.2) is 13.4 Å². The van der Waals surface area contributed by atoms with Crippen molar-refractivity contribution in [2.75, 3.05) is 68.9 Å². The monoisotopic (exact) mass is 382 g/mol. The number of piperazine rings is 1. The zero-order chi connectivity index (χ0) is 18.7.